The summed E-state index contributed by atoms with van der Waals surface area (Å²) in [6.45, 7) is 0.604. The summed E-state index contributed by atoms with van der Waals surface area (Å²) in [5.41, 5.74) is 7.59. The average Bonchev–Trinajstić information content (AvgIpc) is 2.58. The summed E-state index contributed by atoms with van der Waals surface area (Å²) in [5, 5.41) is 1.12. The van der Waals surface area contributed by atoms with Crippen LogP contribution in [-0.2, 0) is 11.2 Å². The van der Waals surface area contributed by atoms with Gasteiger partial charge in [-0.25, -0.2) is 0 Å². The van der Waals surface area contributed by atoms with Crippen molar-refractivity contribution in [1.29, 1.82) is 0 Å². The van der Waals surface area contributed by atoms with Gasteiger partial charge >= 0.3 is 0 Å². The van der Waals surface area contributed by atoms with Crippen LogP contribution in [0.2, 0.25) is 0 Å². The summed E-state index contributed by atoms with van der Waals surface area (Å²) < 4.78 is 1.60. The molecule has 72 valence electrons. The molecule has 0 unspecified atom stereocenters. The van der Waals surface area contributed by atoms with E-state index in [1.165, 1.54) is 0 Å². The van der Waals surface area contributed by atoms with Crippen LogP contribution in [0.1, 0.15) is 5.56 Å². The second-order valence-electron chi connectivity index (χ2n) is 3.22. The molecular weight excluding hydrogens is 176 g/mol. The fourth-order valence-electron chi connectivity index (χ4n) is 1.72. The smallest absolute Gasteiger partial charge is 0.218 e. The molecule has 2 rings (SSSR count). The minimum Gasteiger partial charge on any atom is -0.330 e. The van der Waals surface area contributed by atoms with Gasteiger partial charge in [-0.2, -0.15) is 0 Å². The van der Waals surface area contributed by atoms with Gasteiger partial charge in [0.2, 0.25) is 6.41 Å². The predicted molar refractivity (Wildman–Crippen MR) is 56.8 cm³/mol. The third-order valence-corrected chi connectivity index (χ3v) is 2.35. The van der Waals surface area contributed by atoms with Crippen LogP contribution in [0.25, 0.3) is 10.9 Å². The number of nitrogens with zero attached hydrogens (tertiary/aromatic N) is 1. The number of aromatic nitrogens is 1. The summed E-state index contributed by atoms with van der Waals surface area (Å²) in [4.78, 5) is 10.8. The Balaban J connectivity index is 2.66. The van der Waals surface area contributed by atoms with Crippen LogP contribution >= 0.6 is 0 Å². The molecule has 2 N–H and O–H groups in total. The van der Waals surface area contributed by atoms with E-state index in [9.17, 15) is 4.79 Å². The quantitative estimate of drug-likeness (QED) is 0.735. The van der Waals surface area contributed by atoms with E-state index in [1.54, 1.807) is 4.57 Å². The lowest BCUT2D eigenvalue weighted by Crippen LogP contribution is -2.02. The molecule has 0 amide bonds. The molecule has 0 bridgehead atoms. The molecular formula is C11H12N2O. The zero-order chi connectivity index (χ0) is 9.97. The van der Waals surface area contributed by atoms with Crippen molar-refractivity contribution in [2.24, 2.45) is 5.73 Å². The van der Waals surface area contributed by atoms with Gasteiger partial charge in [0.1, 0.15) is 0 Å². The normalized spacial score (nSPS) is 10.6. The highest BCUT2D eigenvalue weighted by Crippen LogP contribution is 2.20. The first-order chi connectivity index (χ1) is 6.86. The molecule has 3 nitrogen and oxygen atoms in total. The van der Waals surface area contributed by atoms with Gasteiger partial charge in [-0.15, -0.1) is 0 Å². The van der Waals surface area contributed by atoms with Crippen LogP contribution in [0.4, 0.5) is 0 Å². The van der Waals surface area contributed by atoms with E-state index in [1.807, 2.05) is 30.5 Å². The predicted octanol–water partition coefficient (Wildman–Crippen LogP) is 1.18. The number of benzene rings is 1. The number of fused-ring (bicyclic) bond motifs is 1. The van der Waals surface area contributed by atoms with Crippen LogP contribution in [-0.4, -0.2) is 17.5 Å². The summed E-state index contributed by atoms with van der Waals surface area (Å²) in [6.07, 6.45) is 3.48. The fraction of sp³-hybridized carbons (Fsp3) is 0.182. The lowest BCUT2D eigenvalue weighted by Gasteiger charge is -1.94. The summed E-state index contributed by atoms with van der Waals surface area (Å²) >= 11 is 0. The fourth-order valence-corrected chi connectivity index (χ4v) is 1.72. The molecule has 0 radical (unpaired) electrons. The lowest BCUT2D eigenvalue weighted by atomic mass is 10.1. The molecule has 3 heteroatoms. The van der Waals surface area contributed by atoms with Crippen molar-refractivity contribution in [1.82, 2.24) is 4.57 Å². The van der Waals surface area contributed by atoms with Crippen molar-refractivity contribution in [3.8, 4) is 0 Å². The van der Waals surface area contributed by atoms with Gasteiger partial charge in [0.15, 0.2) is 0 Å². The van der Waals surface area contributed by atoms with Crippen molar-refractivity contribution >= 4 is 17.3 Å². The Bertz CT molecular complexity index is 459. The number of hydrogen-bond acceptors (Lipinski definition) is 2. The van der Waals surface area contributed by atoms with Crippen molar-refractivity contribution in [3.63, 3.8) is 0 Å². The molecule has 2 aromatic rings. The van der Waals surface area contributed by atoms with E-state index in [4.69, 9.17) is 5.73 Å². The Morgan fingerprint density at radius 3 is 2.86 bits per heavy atom. The van der Waals surface area contributed by atoms with Gasteiger partial charge in [0, 0.05) is 11.6 Å². The Kier molecular flexibility index (Phi) is 2.33. The Morgan fingerprint density at radius 1 is 1.36 bits per heavy atom. The SMILES string of the molecule is NCCc1cn(C=O)c2ccccc12. The van der Waals surface area contributed by atoms with E-state index in [-0.39, 0.29) is 0 Å². The maximum Gasteiger partial charge on any atom is 0.218 e. The van der Waals surface area contributed by atoms with Gasteiger partial charge in [-0.1, -0.05) is 18.2 Å². The van der Waals surface area contributed by atoms with Gasteiger partial charge in [0.05, 0.1) is 5.52 Å². The first-order valence-electron chi connectivity index (χ1n) is 4.60. The van der Waals surface area contributed by atoms with Gasteiger partial charge < -0.3 is 5.73 Å². The Morgan fingerprint density at radius 2 is 2.14 bits per heavy atom. The van der Waals surface area contributed by atoms with E-state index in [0.29, 0.717) is 6.54 Å². The molecule has 0 atom stereocenters. The lowest BCUT2D eigenvalue weighted by molar-refractivity contribution is 0.549. The van der Waals surface area contributed by atoms with Crippen LogP contribution in [0.15, 0.2) is 30.5 Å². The first kappa shape index (κ1) is 8.97. The third kappa shape index (κ3) is 1.32. The molecule has 0 aliphatic carbocycles. The highest BCUT2D eigenvalue weighted by atomic mass is 16.1. The molecule has 0 aliphatic heterocycles. The Labute approximate surface area is 82.1 Å². The number of hydrogen-bond donors (Lipinski definition) is 1. The number of carbonyl (C=O) groups excluding carboxylic acids is 1. The van der Waals surface area contributed by atoms with E-state index in [0.717, 1.165) is 29.3 Å². The standard InChI is InChI=1S/C11H12N2O/c12-6-5-9-7-13(8-14)11-4-2-1-3-10(9)11/h1-4,7-8H,5-6,12H2. The third-order valence-electron chi connectivity index (χ3n) is 2.35. The van der Waals surface area contributed by atoms with Gasteiger partial charge in [-0.05, 0) is 24.6 Å². The molecule has 14 heavy (non-hydrogen) atoms. The largest absolute Gasteiger partial charge is 0.330 e. The highest BCUT2D eigenvalue weighted by Gasteiger charge is 2.05. The second-order valence-corrected chi connectivity index (χ2v) is 3.22. The first-order valence-corrected chi connectivity index (χ1v) is 4.60. The molecule has 1 aromatic heterocycles. The zero-order valence-corrected chi connectivity index (χ0v) is 7.81. The van der Waals surface area contributed by atoms with Crippen molar-refractivity contribution in [2.75, 3.05) is 6.54 Å². The zero-order valence-electron chi connectivity index (χ0n) is 7.81. The van der Waals surface area contributed by atoms with Crippen LogP contribution in [0.3, 0.4) is 0 Å². The number of para-hydroxylation sites is 1. The molecule has 0 fully saturated rings. The molecule has 1 heterocycles. The molecule has 1 aromatic carbocycles. The number of carbonyl (C=O) groups is 1. The topological polar surface area (TPSA) is 48.0 Å². The second kappa shape index (κ2) is 3.64. The van der Waals surface area contributed by atoms with E-state index in [2.05, 4.69) is 0 Å². The number of rotatable bonds is 3. The van der Waals surface area contributed by atoms with E-state index >= 15 is 0 Å². The maximum absolute atomic E-state index is 10.8. The van der Waals surface area contributed by atoms with Crippen LogP contribution in [0.5, 0.6) is 0 Å². The number of nitrogens with two attached hydrogens (primary N) is 1. The highest BCUT2D eigenvalue weighted by molar-refractivity contribution is 5.88. The van der Waals surface area contributed by atoms with Crippen molar-refractivity contribution in [3.05, 3.63) is 36.0 Å². The average molecular weight is 188 g/mol. The van der Waals surface area contributed by atoms with Crippen LogP contribution < -0.4 is 5.73 Å². The molecule has 0 spiro atoms. The van der Waals surface area contributed by atoms with E-state index < -0.39 is 0 Å². The van der Waals surface area contributed by atoms with Gasteiger partial charge in [0.25, 0.3) is 0 Å². The minimum atomic E-state index is 0.604. The van der Waals surface area contributed by atoms with Crippen molar-refractivity contribution in [2.45, 2.75) is 6.42 Å². The summed E-state index contributed by atoms with van der Waals surface area (Å²) in [7, 11) is 0. The van der Waals surface area contributed by atoms with Crippen molar-refractivity contribution < 1.29 is 4.79 Å². The Hall–Kier alpha value is -1.61. The molecule has 0 saturated heterocycles. The van der Waals surface area contributed by atoms with Gasteiger partial charge in [-0.3, -0.25) is 9.36 Å². The maximum atomic E-state index is 10.8. The summed E-state index contributed by atoms with van der Waals surface area (Å²) in [5.74, 6) is 0. The minimum absolute atomic E-state index is 0.604. The molecule has 0 saturated carbocycles. The summed E-state index contributed by atoms with van der Waals surface area (Å²) in [6, 6.07) is 7.84. The molecule has 0 aliphatic rings. The monoisotopic (exact) mass is 188 g/mol. The van der Waals surface area contributed by atoms with Crippen LogP contribution in [0, 0.1) is 0 Å².